The normalized spacial score (nSPS) is 12.1. The quantitative estimate of drug-likeness (QED) is 0.189. The lowest BCUT2D eigenvalue weighted by Gasteiger charge is -1.97. The molecule has 6 heteroatoms. The Balaban J connectivity index is 1.87. The third kappa shape index (κ3) is 3.13. The smallest absolute Gasteiger partial charge is 0.166 e. The summed E-state index contributed by atoms with van der Waals surface area (Å²) >= 11 is 1.64. The molecule has 2 aromatic rings. The van der Waals surface area contributed by atoms with Gasteiger partial charge in [0.2, 0.25) is 0 Å². The summed E-state index contributed by atoms with van der Waals surface area (Å²) in [6.07, 6.45) is 1.46. The first-order valence-electron chi connectivity index (χ1n) is 5.33. The number of thioether (sulfide) groups is 1. The molecule has 90 valence electrons. The number of H-pyrrole nitrogens is 1. The molecule has 4 N–H and O–H groups in total. The number of aromatic nitrogens is 2. The van der Waals surface area contributed by atoms with E-state index in [0.717, 1.165) is 28.4 Å². The van der Waals surface area contributed by atoms with Gasteiger partial charge in [-0.05, 0) is 18.6 Å². The van der Waals surface area contributed by atoms with Crippen LogP contribution in [-0.2, 0) is 0 Å². The zero-order chi connectivity index (χ0) is 12.1. The second-order valence-corrected chi connectivity index (χ2v) is 4.69. The zero-order valence-electron chi connectivity index (χ0n) is 9.26. The van der Waals surface area contributed by atoms with E-state index >= 15 is 0 Å². The molecule has 0 aliphatic heterocycles. The Morgan fingerprint density at radius 3 is 3.06 bits per heavy atom. The van der Waals surface area contributed by atoms with E-state index in [1.807, 2.05) is 24.3 Å². The number of nitrogens with one attached hydrogen (secondary N) is 1. The van der Waals surface area contributed by atoms with Crippen LogP contribution >= 0.6 is 11.8 Å². The minimum atomic E-state index is 0.273. The SMILES string of the molecule is N/C(CCCSc1nc2ccccc2[nH]1)=N\O. The van der Waals surface area contributed by atoms with Crippen molar-refractivity contribution in [1.82, 2.24) is 9.97 Å². The first kappa shape index (κ1) is 11.8. The highest BCUT2D eigenvalue weighted by molar-refractivity contribution is 7.99. The summed E-state index contributed by atoms with van der Waals surface area (Å²) in [7, 11) is 0. The summed E-state index contributed by atoms with van der Waals surface area (Å²) in [5, 5.41) is 12.2. The Labute approximate surface area is 103 Å². The van der Waals surface area contributed by atoms with E-state index in [4.69, 9.17) is 10.9 Å². The average molecular weight is 250 g/mol. The highest BCUT2D eigenvalue weighted by atomic mass is 32.2. The van der Waals surface area contributed by atoms with Crippen molar-refractivity contribution < 1.29 is 5.21 Å². The molecule has 1 aromatic carbocycles. The molecule has 0 saturated carbocycles. The number of benzene rings is 1. The van der Waals surface area contributed by atoms with E-state index in [-0.39, 0.29) is 5.84 Å². The summed E-state index contributed by atoms with van der Waals surface area (Å²) in [6, 6.07) is 7.93. The van der Waals surface area contributed by atoms with Gasteiger partial charge in [-0.25, -0.2) is 4.98 Å². The average Bonchev–Trinajstić information content (AvgIpc) is 2.76. The molecule has 0 spiro atoms. The molecule has 0 fully saturated rings. The van der Waals surface area contributed by atoms with Gasteiger partial charge in [-0.3, -0.25) is 0 Å². The maximum atomic E-state index is 8.38. The van der Waals surface area contributed by atoms with Gasteiger partial charge in [-0.1, -0.05) is 29.1 Å². The lowest BCUT2D eigenvalue weighted by Crippen LogP contribution is -2.11. The minimum Gasteiger partial charge on any atom is -0.409 e. The van der Waals surface area contributed by atoms with Gasteiger partial charge in [0.15, 0.2) is 5.16 Å². The van der Waals surface area contributed by atoms with Gasteiger partial charge in [0.1, 0.15) is 5.84 Å². The number of nitrogens with two attached hydrogens (primary N) is 1. The molecule has 1 aromatic heterocycles. The van der Waals surface area contributed by atoms with Crippen LogP contribution in [0.2, 0.25) is 0 Å². The maximum absolute atomic E-state index is 8.38. The molecule has 0 bridgehead atoms. The van der Waals surface area contributed by atoms with Crippen molar-refractivity contribution in [3.63, 3.8) is 0 Å². The molecule has 17 heavy (non-hydrogen) atoms. The Kier molecular flexibility index (Phi) is 3.87. The lowest BCUT2D eigenvalue weighted by molar-refractivity contribution is 0.317. The molecular weight excluding hydrogens is 236 g/mol. The number of para-hydroxylation sites is 2. The van der Waals surface area contributed by atoms with Gasteiger partial charge in [-0.15, -0.1) is 0 Å². The Hall–Kier alpha value is -1.69. The van der Waals surface area contributed by atoms with Crippen LogP contribution in [0, 0.1) is 0 Å². The molecule has 0 atom stereocenters. The molecule has 5 nitrogen and oxygen atoms in total. The van der Waals surface area contributed by atoms with Crippen LogP contribution in [0.1, 0.15) is 12.8 Å². The molecule has 2 rings (SSSR count). The number of nitrogens with zero attached hydrogens (tertiary/aromatic N) is 2. The number of imidazole rings is 1. The van der Waals surface area contributed by atoms with Gasteiger partial charge in [0.05, 0.1) is 11.0 Å². The third-order valence-corrected chi connectivity index (χ3v) is 3.27. The number of rotatable bonds is 5. The highest BCUT2D eigenvalue weighted by Crippen LogP contribution is 2.19. The van der Waals surface area contributed by atoms with Crippen LogP contribution in [0.5, 0.6) is 0 Å². The number of hydrogen-bond donors (Lipinski definition) is 3. The van der Waals surface area contributed by atoms with Crippen LogP contribution in [-0.4, -0.2) is 26.8 Å². The van der Waals surface area contributed by atoms with Gasteiger partial charge >= 0.3 is 0 Å². The molecule has 0 unspecified atom stereocenters. The fraction of sp³-hybridized carbons (Fsp3) is 0.273. The monoisotopic (exact) mass is 250 g/mol. The van der Waals surface area contributed by atoms with Crippen molar-refractivity contribution in [2.75, 3.05) is 5.75 Å². The summed E-state index contributed by atoms with van der Waals surface area (Å²) in [5.74, 6) is 1.16. The van der Waals surface area contributed by atoms with Crippen molar-refractivity contribution >= 4 is 28.6 Å². The Morgan fingerprint density at radius 2 is 2.29 bits per heavy atom. The topological polar surface area (TPSA) is 87.3 Å². The van der Waals surface area contributed by atoms with Gasteiger partial charge in [-0.2, -0.15) is 0 Å². The van der Waals surface area contributed by atoms with E-state index in [1.54, 1.807) is 11.8 Å². The van der Waals surface area contributed by atoms with E-state index in [1.165, 1.54) is 0 Å². The van der Waals surface area contributed by atoms with Crippen molar-refractivity contribution in [2.24, 2.45) is 10.9 Å². The van der Waals surface area contributed by atoms with E-state index in [2.05, 4.69) is 15.1 Å². The van der Waals surface area contributed by atoms with Crippen LogP contribution in [0.3, 0.4) is 0 Å². The fourth-order valence-corrected chi connectivity index (χ4v) is 2.30. The first-order valence-corrected chi connectivity index (χ1v) is 6.32. The summed E-state index contributed by atoms with van der Waals surface area (Å²) < 4.78 is 0. The second-order valence-electron chi connectivity index (χ2n) is 3.60. The molecule has 0 aliphatic rings. The van der Waals surface area contributed by atoms with E-state index < -0.39 is 0 Å². The van der Waals surface area contributed by atoms with Gasteiger partial charge < -0.3 is 15.9 Å². The molecule has 0 amide bonds. The number of fused-ring (bicyclic) bond motifs is 1. The first-order chi connectivity index (χ1) is 8.29. The van der Waals surface area contributed by atoms with Crippen molar-refractivity contribution in [3.05, 3.63) is 24.3 Å². The van der Waals surface area contributed by atoms with Gasteiger partial charge in [0.25, 0.3) is 0 Å². The summed E-state index contributed by atoms with van der Waals surface area (Å²) in [4.78, 5) is 7.68. The van der Waals surface area contributed by atoms with Crippen molar-refractivity contribution in [3.8, 4) is 0 Å². The van der Waals surface area contributed by atoms with E-state index in [9.17, 15) is 0 Å². The predicted molar refractivity (Wildman–Crippen MR) is 69.5 cm³/mol. The fourth-order valence-electron chi connectivity index (χ4n) is 1.47. The lowest BCUT2D eigenvalue weighted by atomic mass is 10.3. The Morgan fingerprint density at radius 1 is 1.47 bits per heavy atom. The van der Waals surface area contributed by atoms with Crippen LogP contribution in [0.25, 0.3) is 11.0 Å². The highest BCUT2D eigenvalue weighted by Gasteiger charge is 2.02. The molecule has 0 saturated heterocycles. The predicted octanol–water partition coefficient (Wildman–Crippen LogP) is 2.18. The van der Waals surface area contributed by atoms with Crippen LogP contribution in [0.4, 0.5) is 0 Å². The van der Waals surface area contributed by atoms with Crippen LogP contribution < -0.4 is 5.73 Å². The molecule has 0 aliphatic carbocycles. The number of hydrogen-bond acceptors (Lipinski definition) is 4. The van der Waals surface area contributed by atoms with Gasteiger partial charge in [0, 0.05) is 12.2 Å². The molecule has 0 radical (unpaired) electrons. The molecular formula is C11H14N4OS. The van der Waals surface area contributed by atoms with Crippen LogP contribution in [0.15, 0.2) is 34.6 Å². The summed E-state index contributed by atoms with van der Waals surface area (Å²) in [5.41, 5.74) is 7.41. The van der Waals surface area contributed by atoms with Crippen molar-refractivity contribution in [2.45, 2.75) is 18.0 Å². The molecule has 1 heterocycles. The van der Waals surface area contributed by atoms with E-state index in [0.29, 0.717) is 6.42 Å². The summed E-state index contributed by atoms with van der Waals surface area (Å²) in [6.45, 7) is 0. The third-order valence-electron chi connectivity index (χ3n) is 2.31. The maximum Gasteiger partial charge on any atom is 0.166 e. The minimum absolute atomic E-state index is 0.273. The number of oxime groups is 1. The Bertz CT molecular complexity index is 490. The van der Waals surface area contributed by atoms with Crippen molar-refractivity contribution in [1.29, 1.82) is 0 Å². The zero-order valence-corrected chi connectivity index (χ0v) is 10.1. The standard InChI is InChI=1S/C11H14N4OS/c12-10(15-16)6-3-7-17-11-13-8-4-1-2-5-9(8)14-11/h1-2,4-5,16H,3,6-7H2,(H2,12,15)(H,13,14). The largest absolute Gasteiger partial charge is 0.409 e. The number of aromatic amines is 1. The number of amidine groups is 1. The second kappa shape index (κ2) is 5.58.